The second-order valence-electron chi connectivity index (χ2n) is 4.05. The van der Waals surface area contributed by atoms with Gasteiger partial charge in [-0.3, -0.25) is 4.79 Å². The quantitative estimate of drug-likeness (QED) is 0.737. The molecule has 0 radical (unpaired) electrons. The molecule has 0 unspecified atom stereocenters. The van der Waals surface area contributed by atoms with Gasteiger partial charge in [0.25, 0.3) is 0 Å². The van der Waals surface area contributed by atoms with Gasteiger partial charge in [0.1, 0.15) is 6.33 Å². The highest BCUT2D eigenvalue weighted by molar-refractivity contribution is 5.78. The topological polar surface area (TPSA) is 63.9 Å². The lowest BCUT2D eigenvalue weighted by molar-refractivity contribution is -0.128. The third kappa shape index (κ3) is 3.16. The summed E-state index contributed by atoms with van der Waals surface area (Å²) in [7, 11) is 1.69. The van der Waals surface area contributed by atoms with Crippen LogP contribution in [0.4, 0.5) is 0 Å². The van der Waals surface area contributed by atoms with Crippen LogP contribution in [0.25, 0.3) is 5.69 Å². The van der Waals surface area contributed by atoms with Crippen molar-refractivity contribution in [3.63, 3.8) is 0 Å². The molecule has 0 bridgehead atoms. The van der Waals surface area contributed by atoms with Crippen molar-refractivity contribution in [2.75, 3.05) is 13.6 Å². The summed E-state index contributed by atoms with van der Waals surface area (Å²) in [5, 5.41) is 10.9. The fourth-order valence-electron chi connectivity index (χ4n) is 1.58. The first kappa shape index (κ1) is 12.8. The maximum absolute atomic E-state index is 11.8. The summed E-state index contributed by atoms with van der Waals surface area (Å²) in [6, 6.07) is 7.47. The number of benzene rings is 1. The highest BCUT2D eigenvalue weighted by Gasteiger charge is 2.08. The first-order valence-corrected chi connectivity index (χ1v) is 5.70. The molecule has 2 rings (SSSR count). The van der Waals surface area contributed by atoms with Crippen LogP contribution in [0.2, 0.25) is 0 Å². The standard InChI is InChI=1S/C13H13N5O/c1-3-8-17(2)13(19)9-11-4-6-12(7-5-11)18-10-14-15-16-18/h1,4-7,10H,8-9H2,2H3. The minimum atomic E-state index is -0.00637. The van der Waals surface area contributed by atoms with E-state index in [-0.39, 0.29) is 5.91 Å². The van der Waals surface area contributed by atoms with E-state index in [1.807, 2.05) is 24.3 Å². The number of carbonyl (C=O) groups excluding carboxylic acids is 1. The molecule has 1 amide bonds. The lowest BCUT2D eigenvalue weighted by atomic mass is 10.1. The van der Waals surface area contributed by atoms with Crippen molar-refractivity contribution in [1.82, 2.24) is 25.1 Å². The van der Waals surface area contributed by atoms with E-state index >= 15 is 0 Å². The Morgan fingerprint density at radius 3 is 2.74 bits per heavy atom. The number of nitrogens with zero attached hydrogens (tertiary/aromatic N) is 5. The second-order valence-corrected chi connectivity index (χ2v) is 4.05. The number of terminal acetylenes is 1. The van der Waals surface area contributed by atoms with Crippen LogP contribution in [-0.4, -0.2) is 44.6 Å². The monoisotopic (exact) mass is 255 g/mol. The van der Waals surface area contributed by atoms with E-state index in [2.05, 4.69) is 21.4 Å². The van der Waals surface area contributed by atoms with Crippen LogP contribution in [0, 0.1) is 12.3 Å². The van der Waals surface area contributed by atoms with E-state index < -0.39 is 0 Å². The smallest absolute Gasteiger partial charge is 0.227 e. The number of amides is 1. The van der Waals surface area contributed by atoms with E-state index in [0.717, 1.165) is 11.3 Å². The predicted octanol–water partition coefficient (Wildman–Crippen LogP) is 0.296. The summed E-state index contributed by atoms with van der Waals surface area (Å²) >= 11 is 0. The average molecular weight is 255 g/mol. The molecule has 0 aliphatic heterocycles. The second kappa shape index (κ2) is 5.78. The predicted molar refractivity (Wildman–Crippen MR) is 69.3 cm³/mol. The zero-order valence-electron chi connectivity index (χ0n) is 10.5. The van der Waals surface area contributed by atoms with Crippen LogP contribution in [0.15, 0.2) is 30.6 Å². The Labute approximate surface area is 111 Å². The molecule has 96 valence electrons. The van der Waals surface area contributed by atoms with Crippen LogP contribution in [0.1, 0.15) is 5.56 Å². The van der Waals surface area contributed by atoms with Crippen LogP contribution in [-0.2, 0) is 11.2 Å². The number of hydrogen-bond donors (Lipinski definition) is 0. The molecule has 1 aromatic heterocycles. The van der Waals surface area contributed by atoms with Crippen molar-refractivity contribution < 1.29 is 4.79 Å². The van der Waals surface area contributed by atoms with E-state index in [4.69, 9.17) is 6.42 Å². The highest BCUT2D eigenvalue weighted by atomic mass is 16.2. The maximum Gasteiger partial charge on any atom is 0.227 e. The molecule has 19 heavy (non-hydrogen) atoms. The zero-order valence-corrected chi connectivity index (χ0v) is 10.5. The molecule has 2 aromatic rings. The molecule has 0 fully saturated rings. The Morgan fingerprint density at radius 1 is 1.42 bits per heavy atom. The van der Waals surface area contributed by atoms with E-state index in [0.29, 0.717) is 13.0 Å². The largest absolute Gasteiger partial charge is 0.334 e. The van der Waals surface area contributed by atoms with Gasteiger partial charge in [-0.05, 0) is 28.1 Å². The Kier molecular flexibility index (Phi) is 3.88. The number of aromatic nitrogens is 4. The summed E-state index contributed by atoms with van der Waals surface area (Å²) < 4.78 is 1.55. The number of carbonyl (C=O) groups is 1. The molecule has 0 saturated carbocycles. The summed E-state index contributed by atoms with van der Waals surface area (Å²) in [5.74, 6) is 2.44. The molecular weight excluding hydrogens is 242 g/mol. The third-order valence-corrected chi connectivity index (χ3v) is 2.66. The molecule has 0 atom stereocenters. The summed E-state index contributed by atoms with van der Waals surface area (Å²) in [6.07, 6.45) is 7.01. The lowest BCUT2D eigenvalue weighted by Crippen LogP contribution is -2.28. The van der Waals surface area contributed by atoms with Gasteiger partial charge in [-0.2, -0.15) is 0 Å². The van der Waals surface area contributed by atoms with Gasteiger partial charge < -0.3 is 4.90 Å². The van der Waals surface area contributed by atoms with Gasteiger partial charge in [0, 0.05) is 7.05 Å². The minimum absolute atomic E-state index is 0.00637. The van der Waals surface area contributed by atoms with Crippen molar-refractivity contribution in [2.24, 2.45) is 0 Å². The summed E-state index contributed by atoms with van der Waals surface area (Å²) in [4.78, 5) is 13.3. The average Bonchev–Trinajstić information content (AvgIpc) is 2.94. The highest BCUT2D eigenvalue weighted by Crippen LogP contribution is 2.09. The Bertz CT molecular complexity index is 582. The molecule has 0 aliphatic carbocycles. The maximum atomic E-state index is 11.8. The Hall–Kier alpha value is -2.68. The normalized spacial score (nSPS) is 9.89. The molecule has 6 heteroatoms. The van der Waals surface area contributed by atoms with Gasteiger partial charge in [-0.1, -0.05) is 18.1 Å². The molecular formula is C13H13N5O. The van der Waals surface area contributed by atoms with Gasteiger partial charge >= 0.3 is 0 Å². The van der Waals surface area contributed by atoms with Crippen LogP contribution in [0.3, 0.4) is 0 Å². The number of hydrogen-bond acceptors (Lipinski definition) is 4. The number of tetrazole rings is 1. The van der Waals surface area contributed by atoms with Crippen LogP contribution >= 0.6 is 0 Å². The van der Waals surface area contributed by atoms with E-state index in [1.165, 1.54) is 11.2 Å². The zero-order chi connectivity index (χ0) is 13.7. The van der Waals surface area contributed by atoms with E-state index in [1.54, 1.807) is 11.7 Å². The molecule has 0 N–H and O–H groups in total. The lowest BCUT2D eigenvalue weighted by Gasteiger charge is -2.13. The third-order valence-electron chi connectivity index (χ3n) is 2.66. The fraction of sp³-hybridized carbons (Fsp3) is 0.231. The van der Waals surface area contributed by atoms with Crippen molar-refractivity contribution >= 4 is 5.91 Å². The Balaban J connectivity index is 2.03. The number of rotatable bonds is 4. The molecule has 0 saturated heterocycles. The van der Waals surface area contributed by atoms with Crippen LogP contribution in [0.5, 0.6) is 0 Å². The van der Waals surface area contributed by atoms with Gasteiger partial charge in [0.2, 0.25) is 5.91 Å². The minimum Gasteiger partial charge on any atom is -0.334 e. The summed E-state index contributed by atoms with van der Waals surface area (Å²) in [6.45, 7) is 0.321. The molecule has 1 heterocycles. The van der Waals surface area contributed by atoms with Crippen LogP contribution < -0.4 is 0 Å². The van der Waals surface area contributed by atoms with Gasteiger partial charge in [0.05, 0.1) is 18.7 Å². The van der Waals surface area contributed by atoms with Gasteiger partial charge in [0.15, 0.2) is 0 Å². The Morgan fingerprint density at radius 2 is 2.16 bits per heavy atom. The molecule has 1 aromatic carbocycles. The van der Waals surface area contributed by atoms with E-state index in [9.17, 15) is 4.79 Å². The number of likely N-dealkylation sites (N-methyl/N-ethyl adjacent to an activating group) is 1. The SMILES string of the molecule is C#CCN(C)C(=O)Cc1ccc(-n2cnnn2)cc1. The van der Waals surface area contributed by atoms with Gasteiger partial charge in [-0.15, -0.1) is 11.5 Å². The van der Waals surface area contributed by atoms with Crippen molar-refractivity contribution in [3.05, 3.63) is 36.2 Å². The first-order chi connectivity index (χ1) is 9.20. The fourth-order valence-corrected chi connectivity index (χ4v) is 1.58. The van der Waals surface area contributed by atoms with Gasteiger partial charge in [-0.25, -0.2) is 4.68 Å². The first-order valence-electron chi connectivity index (χ1n) is 5.70. The van der Waals surface area contributed by atoms with Crippen molar-refractivity contribution in [3.8, 4) is 18.0 Å². The molecule has 0 aliphatic rings. The molecule has 6 nitrogen and oxygen atoms in total. The molecule has 0 spiro atoms. The van der Waals surface area contributed by atoms with Crippen molar-refractivity contribution in [2.45, 2.75) is 6.42 Å². The summed E-state index contributed by atoms with van der Waals surface area (Å²) in [5.41, 5.74) is 1.77. The van der Waals surface area contributed by atoms with Crippen molar-refractivity contribution in [1.29, 1.82) is 0 Å².